The molecule has 3 aromatic rings. The van der Waals surface area contributed by atoms with Crippen molar-refractivity contribution in [2.45, 2.75) is 37.3 Å². The topological polar surface area (TPSA) is 43.6 Å². The molecule has 0 N–H and O–H groups in total. The summed E-state index contributed by atoms with van der Waals surface area (Å²) in [4.78, 5) is 0. The quantitative estimate of drug-likeness (QED) is 0.663. The molecule has 1 aromatic heterocycles. The van der Waals surface area contributed by atoms with Gasteiger partial charge in [0.25, 0.3) is 0 Å². The van der Waals surface area contributed by atoms with Crippen molar-refractivity contribution in [3.8, 4) is 5.69 Å². The van der Waals surface area contributed by atoms with Gasteiger partial charge in [-0.2, -0.15) is 4.68 Å². The molecule has 1 saturated carbocycles. The number of benzene rings is 2. The van der Waals surface area contributed by atoms with Crippen LogP contribution in [0.1, 0.15) is 32.1 Å². The Balaban J connectivity index is 1.61. The highest BCUT2D eigenvalue weighted by Gasteiger charge is 2.17. The van der Waals surface area contributed by atoms with Gasteiger partial charge in [0.1, 0.15) is 0 Å². The lowest BCUT2D eigenvalue weighted by molar-refractivity contribution is 0.390. The monoisotopic (exact) mass is 324 g/mol. The van der Waals surface area contributed by atoms with Crippen LogP contribution in [0, 0.1) is 5.92 Å². The van der Waals surface area contributed by atoms with E-state index in [4.69, 9.17) is 0 Å². The molecule has 0 bridgehead atoms. The summed E-state index contributed by atoms with van der Waals surface area (Å²) in [6, 6.07) is 14.6. The first kappa shape index (κ1) is 14.7. The van der Waals surface area contributed by atoms with Crippen LogP contribution in [0.5, 0.6) is 0 Å². The van der Waals surface area contributed by atoms with E-state index in [-0.39, 0.29) is 0 Å². The normalized spacial score (nSPS) is 16.0. The Morgan fingerprint density at radius 1 is 1.00 bits per heavy atom. The third kappa shape index (κ3) is 3.11. The largest absolute Gasteiger partial charge is 0.214 e. The molecule has 1 aliphatic carbocycles. The minimum atomic E-state index is 0.811. The number of hydrogen-bond donors (Lipinski definition) is 0. The SMILES string of the molecule is c1ccc2c(-n3nnnc3SCC3CCCCC3)cccc2c1. The summed E-state index contributed by atoms with van der Waals surface area (Å²) in [5.41, 5.74) is 1.05. The van der Waals surface area contributed by atoms with Gasteiger partial charge in [0.05, 0.1) is 5.69 Å². The van der Waals surface area contributed by atoms with Crippen LogP contribution >= 0.6 is 11.8 Å². The number of aromatic nitrogens is 4. The van der Waals surface area contributed by atoms with E-state index in [0.717, 1.165) is 22.5 Å². The zero-order valence-corrected chi connectivity index (χ0v) is 13.9. The van der Waals surface area contributed by atoms with Gasteiger partial charge in [-0.25, -0.2) is 0 Å². The van der Waals surface area contributed by atoms with Crippen LogP contribution < -0.4 is 0 Å². The average molecular weight is 324 g/mol. The van der Waals surface area contributed by atoms with Crippen molar-refractivity contribution in [3.05, 3.63) is 42.5 Å². The van der Waals surface area contributed by atoms with Gasteiger partial charge in [-0.3, -0.25) is 0 Å². The molecular weight excluding hydrogens is 304 g/mol. The fourth-order valence-corrected chi connectivity index (χ4v) is 4.43. The second-order valence-corrected chi connectivity index (χ2v) is 7.17. The van der Waals surface area contributed by atoms with Crippen molar-refractivity contribution in [2.75, 3.05) is 5.75 Å². The van der Waals surface area contributed by atoms with Gasteiger partial charge in [-0.15, -0.1) is 5.10 Å². The van der Waals surface area contributed by atoms with E-state index in [1.165, 1.54) is 42.9 Å². The van der Waals surface area contributed by atoms with Gasteiger partial charge < -0.3 is 0 Å². The molecule has 0 radical (unpaired) electrons. The first-order valence-electron chi connectivity index (χ1n) is 8.31. The van der Waals surface area contributed by atoms with E-state index in [0.29, 0.717) is 0 Å². The summed E-state index contributed by atoms with van der Waals surface area (Å²) >= 11 is 1.79. The third-order valence-electron chi connectivity index (χ3n) is 4.61. The summed E-state index contributed by atoms with van der Waals surface area (Å²) in [6.07, 6.45) is 6.85. The molecule has 0 unspecified atom stereocenters. The number of nitrogens with zero attached hydrogens (tertiary/aromatic N) is 4. The van der Waals surface area contributed by atoms with Crippen LogP contribution in [0.2, 0.25) is 0 Å². The van der Waals surface area contributed by atoms with Gasteiger partial charge in [0.2, 0.25) is 5.16 Å². The fraction of sp³-hybridized carbons (Fsp3) is 0.389. The fourth-order valence-electron chi connectivity index (χ4n) is 3.36. The molecule has 118 valence electrons. The van der Waals surface area contributed by atoms with Crippen LogP contribution in [0.4, 0.5) is 0 Å². The van der Waals surface area contributed by atoms with Crippen LogP contribution in [0.25, 0.3) is 16.5 Å². The molecule has 5 heteroatoms. The smallest absolute Gasteiger partial charge is 0.187 e. The van der Waals surface area contributed by atoms with Crippen molar-refractivity contribution in [2.24, 2.45) is 5.92 Å². The van der Waals surface area contributed by atoms with Crippen LogP contribution in [-0.2, 0) is 0 Å². The van der Waals surface area contributed by atoms with Crippen LogP contribution in [0.15, 0.2) is 47.6 Å². The highest BCUT2D eigenvalue weighted by atomic mass is 32.2. The second-order valence-electron chi connectivity index (χ2n) is 6.19. The molecule has 0 amide bonds. The Kier molecular flexibility index (Phi) is 4.28. The predicted octanol–water partition coefficient (Wildman–Crippen LogP) is 4.49. The average Bonchev–Trinajstić information content (AvgIpc) is 3.09. The van der Waals surface area contributed by atoms with Gasteiger partial charge >= 0.3 is 0 Å². The zero-order valence-electron chi connectivity index (χ0n) is 13.1. The summed E-state index contributed by atoms with van der Waals surface area (Å²) in [6.45, 7) is 0. The maximum Gasteiger partial charge on any atom is 0.214 e. The lowest BCUT2D eigenvalue weighted by Gasteiger charge is -2.20. The molecule has 0 atom stereocenters. The lowest BCUT2D eigenvalue weighted by Crippen LogP contribution is -2.09. The summed E-state index contributed by atoms with van der Waals surface area (Å²) < 4.78 is 1.88. The maximum absolute atomic E-state index is 4.25. The first-order valence-corrected chi connectivity index (χ1v) is 9.30. The molecule has 1 heterocycles. The first-order chi connectivity index (χ1) is 11.4. The highest BCUT2D eigenvalue weighted by molar-refractivity contribution is 7.99. The molecule has 2 aromatic carbocycles. The van der Waals surface area contributed by atoms with Crippen molar-refractivity contribution in [1.29, 1.82) is 0 Å². The van der Waals surface area contributed by atoms with Crippen molar-refractivity contribution in [3.63, 3.8) is 0 Å². The number of fused-ring (bicyclic) bond motifs is 1. The molecule has 0 spiro atoms. The van der Waals surface area contributed by atoms with E-state index < -0.39 is 0 Å². The number of rotatable bonds is 4. The molecule has 0 saturated heterocycles. The lowest BCUT2D eigenvalue weighted by atomic mass is 9.91. The second kappa shape index (κ2) is 6.71. The molecule has 0 aliphatic heterocycles. The van der Waals surface area contributed by atoms with Gasteiger partial charge in [0, 0.05) is 11.1 Å². The molecule has 1 aliphatic rings. The standard InChI is InChI=1S/C18H20N4S/c1-2-7-14(8-3-1)13-23-18-19-20-21-22(18)17-12-6-10-15-9-4-5-11-16(15)17/h4-6,9-12,14H,1-3,7-8,13H2. The van der Waals surface area contributed by atoms with E-state index in [2.05, 4.69) is 58.0 Å². The molecule has 4 rings (SSSR count). The number of tetrazole rings is 1. The number of thioether (sulfide) groups is 1. The Hall–Kier alpha value is -1.88. The van der Waals surface area contributed by atoms with E-state index in [9.17, 15) is 0 Å². The maximum atomic E-state index is 4.25. The molecule has 4 nitrogen and oxygen atoms in total. The Morgan fingerprint density at radius 3 is 2.74 bits per heavy atom. The van der Waals surface area contributed by atoms with E-state index >= 15 is 0 Å². The third-order valence-corrected chi connectivity index (χ3v) is 5.76. The zero-order chi connectivity index (χ0) is 15.5. The summed E-state index contributed by atoms with van der Waals surface area (Å²) in [5, 5.41) is 15.7. The Labute approximate surface area is 140 Å². The summed E-state index contributed by atoms with van der Waals surface area (Å²) in [7, 11) is 0. The highest BCUT2D eigenvalue weighted by Crippen LogP contribution is 2.30. The minimum Gasteiger partial charge on any atom is -0.187 e. The van der Waals surface area contributed by atoms with Crippen molar-refractivity contribution in [1.82, 2.24) is 20.2 Å². The van der Waals surface area contributed by atoms with Crippen LogP contribution in [0.3, 0.4) is 0 Å². The minimum absolute atomic E-state index is 0.811. The Bertz CT molecular complexity index is 787. The molecular formula is C18H20N4S. The summed E-state index contributed by atoms with van der Waals surface area (Å²) in [5.74, 6) is 1.93. The van der Waals surface area contributed by atoms with Crippen molar-refractivity contribution >= 4 is 22.5 Å². The van der Waals surface area contributed by atoms with Gasteiger partial charge in [0.15, 0.2) is 0 Å². The molecule has 1 fully saturated rings. The van der Waals surface area contributed by atoms with E-state index in [1.807, 2.05) is 4.68 Å². The van der Waals surface area contributed by atoms with E-state index in [1.54, 1.807) is 11.8 Å². The predicted molar refractivity (Wildman–Crippen MR) is 94.0 cm³/mol. The van der Waals surface area contributed by atoms with Gasteiger partial charge in [-0.1, -0.05) is 67.4 Å². The van der Waals surface area contributed by atoms with Crippen LogP contribution in [-0.4, -0.2) is 26.0 Å². The molecule has 23 heavy (non-hydrogen) atoms. The number of hydrogen-bond acceptors (Lipinski definition) is 4. The Morgan fingerprint density at radius 2 is 1.83 bits per heavy atom. The van der Waals surface area contributed by atoms with Crippen molar-refractivity contribution < 1.29 is 0 Å². The van der Waals surface area contributed by atoms with Gasteiger partial charge in [-0.05, 0) is 40.6 Å².